The molecule has 1 saturated carbocycles. The van der Waals surface area contributed by atoms with Gasteiger partial charge in [-0.3, -0.25) is 4.79 Å². The second-order valence-electron chi connectivity index (χ2n) is 6.44. The molecule has 7 heteroatoms. The van der Waals surface area contributed by atoms with Crippen LogP contribution in [0.3, 0.4) is 0 Å². The topological polar surface area (TPSA) is 54.9 Å². The maximum Gasteiger partial charge on any atom is 0.234 e. The number of hydrogen-bond acceptors (Lipinski definition) is 5. The normalized spacial score (nSPS) is 14.0. The average molecular weight is 388 g/mol. The monoisotopic (exact) mass is 387 g/mol. The van der Waals surface area contributed by atoms with Gasteiger partial charge in [0.1, 0.15) is 21.5 Å². The third kappa shape index (κ3) is 3.46. The smallest absolute Gasteiger partial charge is 0.234 e. The van der Waals surface area contributed by atoms with Crippen molar-refractivity contribution >= 4 is 44.9 Å². The molecule has 1 aromatic carbocycles. The molecule has 4 nitrogen and oxygen atoms in total. The first-order chi connectivity index (χ1) is 12.5. The van der Waals surface area contributed by atoms with Crippen molar-refractivity contribution in [2.45, 2.75) is 37.6 Å². The highest BCUT2D eigenvalue weighted by atomic mass is 32.2. The SMILES string of the molecule is Cc1sc2nc(C3CC3)nc(SCC(=O)Nc3ccccc3F)c2c1C. The lowest BCUT2D eigenvalue weighted by atomic mass is 10.2. The van der Waals surface area contributed by atoms with Crippen molar-refractivity contribution in [2.24, 2.45) is 0 Å². The van der Waals surface area contributed by atoms with Crippen LogP contribution in [0.5, 0.6) is 0 Å². The summed E-state index contributed by atoms with van der Waals surface area (Å²) in [5.74, 6) is 0.836. The van der Waals surface area contributed by atoms with Crippen molar-refractivity contribution in [1.29, 1.82) is 0 Å². The fourth-order valence-corrected chi connectivity index (χ4v) is 4.73. The summed E-state index contributed by atoms with van der Waals surface area (Å²) in [5, 5.41) is 4.51. The number of nitrogens with one attached hydrogen (secondary N) is 1. The molecule has 0 aliphatic heterocycles. The van der Waals surface area contributed by atoms with Gasteiger partial charge in [0.25, 0.3) is 0 Å². The summed E-state index contributed by atoms with van der Waals surface area (Å²) in [5.41, 5.74) is 1.37. The van der Waals surface area contributed by atoms with E-state index in [4.69, 9.17) is 9.97 Å². The molecule has 0 radical (unpaired) electrons. The van der Waals surface area contributed by atoms with Crippen LogP contribution in [0.4, 0.5) is 10.1 Å². The number of aryl methyl sites for hydroxylation is 2. The molecule has 1 fully saturated rings. The molecular weight excluding hydrogens is 369 g/mol. The Morgan fingerprint density at radius 1 is 1.31 bits per heavy atom. The molecule has 1 aliphatic rings. The number of halogens is 1. The van der Waals surface area contributed by atoms with E-state index in [1.165, 1.54) is 28.3 Å². The van der Waals surface area contributed by atoms with Gasteiger partial charge in [-0.25, -0.2) is 14.4 Å². The molecule has 0 saturated heterocycles. The van der Waals surface area contributed by atoms with Crippen LogP contribution in [-0.2, 0) is 4.79 Å². The lowest BCUT2D eigenvalue weighted by Crippen LogP contribution is -2.15. The summed E-state index contributed by atoms with van der Waals surface area (Å²) in [6.45, 7) is 4.15. The number of aromatic nitrogens is 2. The molecule has 1 aliphatic carbocycles. The van der Waals surface area contributed by atoms with Crippen LogP contribution in [0.25, 0.3) is 10.2 Å². The molecular formula is C19H18FN3OS2. The van der Waals surface area contributed by atoms with Gasteiger partial charge in [0.05, 0.1) is 11.4 Å². The van der Waals surface area contributed by atoms with Gasteiger partial charge in [0.2, 0.25) is 5.91 Å². The Kier molecular flexibility index (Phi) is 4.67. The van der Waals surface area contributed by atoms with E-state index in [1.807, 2.05) is 0 Å². The highest BCUT2D eigenvalue weighted by Crippen LogP contribution is 2.42. The number of para-hydroxylation sites is 1. The molecule has 0 atom stereocenters. The minimum atomic E-state index is -0.435. The number of rotatable bonds is 5. The van der Waals surface area contributed by atoms with Crippen molar-refractivity contribution in [3.8, 4) is 0 Å². The fraction of sp³-hybridized carbons (Fsp3) is 0.316. The number of carbonyl (C=O) groups is 1. The van der Waals surface area contributed by atoms with Gasteiger partial charge in [0.15, 0.2) is 0 Å². The van der Waals surface area contributed by atoms with Crippen LogP contribution < -0.4 is 5.32 Å². The summed E-state index contributed by atoms with van der Waals surface area (Å²) in [6, 6.07) is 6.17. The molecule has 3 aromatic rings. The predicted octanol–water partition coefficient (Wildman–Crippen LogP) is 5.06. The number of benzene rings is 1. The minimum absolute atomic E-state index is 0.179. The van der Waals surface area contributed by atoms with E-state index >= 15 is 0 Å². The molecule has 0 spiro atoms. The number of anilines is 1. The van der Waals surface area contributed by atoms with E-state index in [-0.39, 0.29) is 17.3 Å². The van der Waals surface area contributed by atoms with E-state index in [0.717, 1.165) is 33.9 Å². The Morgan fingerprint density at radius 3 is 2.81 bits per heavy atom. The third-order valence-electron chi connectivity index (χ3n) is 4.44. The van der Waals surface area contributed by atoms with Crippen LogP contribution in [0, 0.1) is 19.7 Å². The Balaban J connectivity index is 1.56. The van der Waals surface area contributed by atoms with Crippen molar-refractivity contribution in [3.63, 3.8) is 0 Å². The fourth-order valence-electron chi connectivity index (χ4n) is 2.74. The Labute approximate surface area is 159 Å². The second kappa shape index (κ2) is 6.96. The van der Waals surface area contributed by atoms with Crippen LogP contribution in [-0.4, -0.2) is 21.6 Å². The van der Waals surface area contributed by atoms with Crippen LogP contribution in [0.1, 0.15) is 35.0 Å². The minimum Gasteiger partial charge on any atom is -0.323 e. The number of amides is 1. The first kappa shape index (κ1) is 17.4. The quantitative estimate of drug-likeness (QED) is 0.491. The highest BCUT2D eigenvalue weighted by Gasteiger charge is 2.28. The number of fused-ring (bicyclic) bond motifs is 1. The molecule has 4 rings (SSSR count). The number of nitrogens with zero attached hydrogens (tertiary/aromatic N) is 2. The summed E-state index contributed by atoms with van der Waals surface area (Å²) in [4.78, 5) is 23.9. The molecule has 134 valence electrons. The van der Waals surface area contributed by atoms with Gasteiger partial charge in [-0.15, -0.1) is 11.3 Å². The third-order valence-corrected chi connectivity index (χ3v) is 6.52. The number of hydrogen-bond donors (Lipinski definition) is 1. The number of thiophene rings is 1. The van der Waals surface area contributed by atoms with Gasteiger partial charge in [0, 0.05) is 16.2 Å². The maximum absolute atomic E-state index is 13.7. The largest absolute Gasteiger partial charge is 0.323 e. The molecule has 0 bridgehead atoms. The maximum atomic E-state index is 13.7. The summed E-state index contributed by atoms with van der Waals surface area (Å²) in [6.07, 6.45) is 2.26. The lowest BCUT2D eigenvalue weighted by Gasteiger charge is -2.08. The zero-order valence-corrected chi connectivity index (χ0v) is 16.1. The number of thioether (sulfide) groups is 1. The first-order valence-corrected chi connectivity index (χ1v) is 10.3. The van der Waals surface area contributed by atoms with Crippen molar-refractivity contribution in [2.75, 3.05) is 11.1 Å². The van der Waals surface area contributed by atoms with E-state index in [1.54, 1.807) is 29.5 Å². The van der Waals surface area contributed by atoms with E-state index in [0.29, 0.717) is 5.92 Å². The molecule has 0 unspecified atom stereocenters. The lowest BCUT2D eigenvalue weighted by molar-refractivity contribution is -0.113. The predicted molar refractivity (Wildman–Crippen MR) is 105 cm³/mol. The van der Waals surface area contributed by atoms with Crippen LogP contribution >= 0.6 is 23.1 Å². The highest BCUT2D eigenvalue weighted by molar-refractivity contribution is 8.00. The van der Waals surface area contributed by atoms with Crippen molar-refractivity contribution < 1.29 is 9.18 Å². The van der Waals surface area contributed by atoms with Gasteiger partial charge < -0.3 is 5.32 Å². The summed E-state index contributed by atoms with van der Waals surface area (Å²) < 4.78 is 13.7. The van der Waals surface area contributed by atoms with Gasteiger partial charge in [-0.2, -0.15) is 0 Å². The second-order valence-corrected chi connectivity index (χ2v) is 8.61. The standard InChI is InChI=1S/C19H18FN3OS2/c1-10-11(2)26-19-16(10)18(22-17(23-19)12-7-8-12)25-9-15(24)21-14-6-4-3-5-13(14)20/h3-6,12H,7-9H2,1-2H3,(H,21,24). The Bertz CT molecular complexity index is 998. The van der Waals surface area contributed by atoms with Gasteiger partial charge in [-0.05, 0) is 44.4 Å². The molecule has 26 heavy (non-hydrogen) atoms. The molecule has 1 amide bonds. The summed E-state index contributed by atoms with van der Waals surface area (Å²) in [7, 11) is 0. The average Bonchev–Trinajstić information content (AvgIpc) is 3.42. The zero-order valence-electron chi connectivity index (χ0n) is 14.5. The van der Waals surface area contributed by atoms with E-state index in [9.17, 15) is 9.18 Å². The molecule has 1 N–H and O–H groups in total. The van der Waals surface area contributed by atoms with E-state index < -0.39 is 5.82 Å². The first-order valence-electron chi connectivity index (χ1n) is 8.47. The summed E-state index contributed by atoms with van der Waals surface area (Å²) >= 11 is 3.07. The Hall–Kier alpha value is -1.99. The van der Waals surface area contributed by atoms with Crippen molar-refractivity contribution in [3.05, 3.63) is 46.3 Å². The number of carbonyl (C=O) groups excluding carboxylic acids is 1. The Morgan fingerprint density at radius 2 is 2.08 bits per heavy atom. The van der Waals surface area contributed by atoms with E-state index in [2.05, 4.69) is 19.2 Å². The molecule has 2 heterocycles. The van der Waals surface area contributed by atoms with Crippen molar-refractivity contribution in [1.82, 2.24) is 9.97 Å². The van der Waals surface area contributed by atoms with Gasteiger partial charge >= 0.3 is 0 Å². The van der Waals surface area contributed by atoms with Crippen LogP contribution in [0.15, 0.2) is 29.3 Å². The van der Waals surface area contributed by atoms with Crippen LogP contribution in [0.2, 0.25) is 0 Å². The van der Waals surface area contributed by atoms with Gasteiger partial charge in [-0.1, -0.05) is 23.9 Å². The molecule has 2 aromatic heterocycles. The zero-order chi connectivity index (χ0) is 18.3.